The lowest BCUT2D eigenvalue weighted by atomic mass is 10.1. The Hall–Kier alpha value is -1.32. The zero-order valence-electron chi connectivity index (χ0n) is 11.6. The van der Waals surface area contributed by atoms with Crippen molar-refractivity contribution >= 4 is 11.6 Å². The largest absolute Gasteiger partial charge is 0.370 e. The summed E-state index contributed by atoms with van der Waals surface area (Å²) >= 11 is 0. The van der Waals surface area contributed by atoms with Gasteiger partial charge in [0.1, 0.15) is 17.5 Å². The third kappa shape index (κ3) is 2.07. The van der Waals surface area contributed by atoms with Gasteiger partial charge in [0.05, 0.1) is 0 Å². The number of fused-ring (bicyclic) bond motifs is 2. The molecule has 3 fully saturated rings. The Morgan fingerprint density at radius 2 is 2.16 bits per heavy atom. The molecule has 1 saturated heterocycles. The number of hydrogen-bond acceptors (Lipinski definition) is 4. The molecule has 2 aliphatic carbocycles. The second kappa shape index (κ2) is 4.36. The van der Waals surface area contributed by atoms with E-state index in [9.17, 15) is 0 Å². The van der Waals surface area contributed by atoms with Gasteiger partial charge in [-0.3, -0.25) is 0 Å². The summed E-state index contributed by atoms with van der Waals surface area (Å²) in [7, 11) is 0. The monoisotopic (exact) mass is 258 g/mol. The van der Waals surface area contributed by atoms with E-state index in [0.29, 0.717) is 5.92 Å². The fourth-order valence-corrected chi connectivity index (χ4v) is 3.60. The van der Waals surface area contributed by atoms with Crippen LogP contribution in [0.25, 0.3) is 0 Å². The van der Waals surface area contributed by atoms with Gasteiger partial charge in [-0.25, -0.2) is 9.97 Å². The zero-order valence-corrected chi connectivity index (χ0v) is 11.6. The highest BCUT2D eigenvalue weighted by molar-refractivity contribution is 5.52. The molecule has 0 aromatic carbocycles. The Morgan fingerprint density at radius 1 is 1.26 bits per heavy atom. The highest BCUT2D eigenvalue weighted by atomic mass is 15.3. The van der Waals surface area contributed by atoms with Gasteiger partial charge in [0.25, 0.3) is 0 Å². The van der Waals surface area contributed by atoms with Crippen molar-refractivity contribution in [3.8, 4) is 0 Å². The second-order valence-corrected chi connectivity index (χ2v) is 6.26. The van der Waals surface area contributed by atoms with E-state index in [0.717, 1.165) is 30.1 Å². The highest BCUT2D eigenvalue weighted by Gasteiger charge is 2.39. The molecule has 0 radical (unpaired) electrons. The molecule has 4 nitrogen and oxygen atoms in total. The molecule has 2 atom stereocenters. The van der Waals surface area contributed by atoms with E-state index in [1.165, 1.54) is 44.5 Å². The van der Waals surface area contributed by atoms with Crippen LogP contribution in [0.15, 0.2) is 6.07 Å². The number of nitrogens with one attached hydrogen (secondary N) is 1. The Morgan fingerprint density at radius 3 is 2.79 bits per heavy atom. The van der Waals surface area contributed by atoms with Gasteiger partial charge in [-0.15, -0.1) is 0 Å². The third-order valence-electron chi connectivity index (χ3n) is 4.73. The predicted molar refractivity (Wildman–Crippen MR) is 76.6 cm³/mol. The fraction of sp³-hybridized carbons (Fsp3) is 0.733. The van der Waals surface area contributed by atoms with Crippen LogP contribution in [0.4, 0.5) is 11.6 Å². The molecular weight excluding hydrogens is 236 g/mol. The van der Waals surface area contributed by atoms with E-state index in [-0.39, 0.29) is 0 Å². The summed E-state index contributed by atoms with van der Waals surface area (Å²) in [4.78, 5) is 12.1. The molecule has 0 spiro atoms. The van der Waals surface area contributed by atoms with E-state index in [2.05, 4.69) is 28.2 Å². The minimum atomic E-state index is 0.622. The van der Waals surface area contributed by atoms with Crippen molar-refractivity contribution in [1.29, 1.82) is 0 Å². The zero-order chi connectivity index (χ0) is 12.8. The summed E-state index contributed by atoms with van der Waals surface area (Å²) in [6, 6.07) is 2.89. The van der Waals surface area contributed by atoms with Crippen LogP contribution < -0.4 is 10.2 Å². The van der Waals surface area contributed by atoms with Gasteiger partial charge in [0, 0.05) is 31.1 Å². The summed E-state index contributed by atoms with van der Waals surface area (Å²) in [6.45, 7) is 4.25. The second-order valence-electron chi connectivity index (χ2n) is 6.26. The molecule has 1 N–H and O–H groups in total. The average Bonchev–Trinajstić information content (AvgIpc) is 3.07. The van der Waals surface area contributed by atoms with Gasteiger partial charge in [-0.05, 0) is 44.9 Å². The molecule has 2 saturated carbocycles. The number of rotatable bonds is 4. The first-order valence-electron chi connectivity index (χ1n) is 7.73. The van der Waals surface area contributed by atoms with Crippen LogP contribution >= 0.6 is 0 Å². The van der Waals surface area contributed by atoms with Crippen molar-refractivity contribution in [2.24, 2.45) is 5.92 Å². The molecule has 2 unspecified atom stereocenters. The van der Waals surface area contributed by atoms with Crippen LogP contribution in [-0.2, 0) is 0 Å². The summed E-state index contributed by atoms with van der Waals surface area (Å²) in [5.74, 6) is 4.78. The maximum absolute atomic E-state index is 4.85. The van der Waals surface area contributed by atoms with E-state index in [1.807, 2.05) is 0 Å². The smallest absolute Gasteiger partial charge is 0.136 e. The van der Waals surface area contributed by atoms with Crippen molar-refractivity contribution in [3.05, 3.63) is 11.9 Å². The van der Waals surface area contributed by atoms with Gasteiger partial charge >= 0.3 is 0 Å². The lowest BCUT2D eigenvalue weighted by Crippen LogP contribution is -2.33. The van der Waals surface area contributed by atoms with Crippen LogP contribution in [0.5, 0.6) is 0 Å². The minimum Gasteiger partial charge on any atom is -0.370 e. The third-order valence-corrected chi connectivity index (χ3v) is 4.73. The lowest BCUT2D eigenvalue weighted by Gasteiger charge is -2.28. The van der Waals surface area contributed by atoms with Crippen LogP contribution in [0.1, 0.15) is 50.8 Å². The molecule has 102 valence electrons. The molecule has 2 bridgehead atoms. The molecule has 0 amide bonds. The minimum absolute atomic E-state index is 0.622. The summed E-state index contributed by atoms with van der Waals surface area (Å²) < 4.78 is 0. The van der Waals surface area contributed by atoms with Crippen molar-refractivity contribution in [3.63, 3.8) is 0 Å². The lowest BCUT2D eigenvalue weighted by molar-refractivity contribution is 0.549. The SMILES string of the molecule is CCNc1cc(N2CC3CCC2C3)nc(C2CC2)n1. The van der Waals surface area contributed by atoms with Crippen LogP contribution in [0.3, 0.4) is 0 Å². The van der Waals surface area contributed by atoms with Gasteiger partial charge in [-0.1, -0.05) is 0 Å². The van der Waals surface area contributed by atoms with Gasteiger partial charge in [-0.2, -0.15) is 0 Å². The van der Waals surface area contributed by atoms with Gasteiger partial charge < -0.3 is 10.2 Å². The Balaban J connectivity index is 1.66. The van der Waals surface area contributed by atoms with E-state index in [4.69, 9.17) is 4.98 Å². The first kappa shape index (κ1) is 11.5. The quantitative estimate of drug-likeness (QED) is 0.901. The normalized spacial score (nSPS) is 29.0. The highest BCUT2D eigenvalue weighted by Crippen LogP contribution is 2.42. The standard InChI is InChI=1S/C15H22N4/c1-2-16-13-8-14(18-15(17-13)11-4-5-11)19-9-10-3-6-12(19)7-10/h8,10-12H,2-7,9H2,1H3,(H,16,17,18). The Labute approximate surface area is 114 Å². The van der Waals surface area contributed by atoms with Crippen molar-refractivity contribution in [1.82, 2.24) is 9.97 Å². The Kier molecular flexibility index (Phi) is 2.64. The molecule has 3 aliphatic rings. The van der Waals surface area contributed by atoms with Gasteiger partial charge in [0.15, 0.2) is 0 Å². The first-order valence-corrected chi connectivity index (χ1v) is 7.73. The van der Waals surface area contributed by atoms with Crippen molar-refractivity contribution in [2.45, 2.75) is 51.0 Å². The number of hydrogen-bond donors (Lipinski definition) is 1. The number of nitrogens with zero attached hydrogens (tertiary/aromatic N) is 3. The molecule has 4 rings (SSSR count). The number of piperidine rings is 1. The topological polar surface area (TPSA) is 41.0 Å². The molecule has 19 heavy (non-hydrogen) atoms. The van der Waals surface area contributed by atoms with Gasteiger partial charge in [0.2, 0.25) is 0 Å². The summed E-state index contributed by atoms with van der Waals surface area (Å²) in [5, 5.41) is 3.36. The molecule has 4 heteroatoms. The summed E-state index contributed by atoms with van der Waals surface area (Å²) in [5.41, 5.74) is 0. The number of aromatic nitrogens is 2. The van der Waals surface area contributed by atoms with E-state index in [1.54, 1.807) is 0 Å². The van der Waals surface area contributed by atoms with E-state index < -0.39 is 0 Å². The van der Waals surface area contributed by atoms with Crippen molar-refractivity contribution in [2.75, 3.05) is 23.3 Å². The average molecular weight is 258 g/mol. The van der Waals surface area contributed by atoms with Crippen LogP contribution in [0.2, 0.25) is 0 Å². The van der Waals surface area contributed by atoms with Crippen LogP contribution in [-0.4, -0.2) is 29.1 Å². The maximum Gasteiger partial charge on any atom is 0.136 e. The first-order chi connectivity index (χ1) is 9.33. The molecular formula is C15H22N4. The molecule has 1 aromatic heterocycles. The van der Waals surface area contributed by atoms with Crippen LogP contribution in [0, 0.1) is 5.92 Å². The fourth-order valence-electron chi connectivity index (χ4n) is 3.60. The molecule has 1 aromatic rings. The molecule has 2 heterocycles. The maximum atomic E-state index is 4.85. The number of anilines is 2. The summed E-state index contributed by atoms with van der Waals surface area (Å²) in [6.07, 6.45) is 6.67. The van der Waals surface area contributed by atoms with Crippen molar-refractivity contribution < 1.29 is 0 Å². The van der Waals surface area contributed by atoms with E-state index >= 15 is 0 Å². The Bertz CT molecular complexity index is 483. The predicted octanol–water partition coefficient (Wildman–Crippen LogP) is 2.77. The molecule has 1 aliphatic heterocycles.